The molecule has 0 radical (unpaired) electrons. The number of thiazole rings is 1. The van der Waals surface area contributed by atoms with Gasteiger partial charge in [-0.05, 0) is 64.4 Å². The molecule has 0 aliphatic carbocycles. The monoisotopic (exact) mass is 587 g/mol. The average Bonchev–Trinajstić information content (AvgIpc) is 3.52. The van der Waals surface area contributed by atoms with Crippen molar-refractivity contribution in [2.75, 3.05) is 6.61 Å². The molecule has 0 spiro atoms. The second-order valence-corrected chi connectivity index (χ2v) is 11.0. The number of nitro benzene ring substituents is 1. The lowest BCUT2D eigenvalue weighted by molar-refractivity contribution is -0.385. The highest BCUT2D eigenvalue weighted by atomic mass is 32.1. The van der Waals surface area contributed by atoms with Crippen molar-refractivity contribution in [2.24, 2.45) is 4.99 Å². The third kappa shape index (κ3) is 5.42. The van der Waals surface area contributed by atoms with Gasteiger partial charge in [0.1, 0.15) is 17.3 Å². The van der Waals surface area contributed by atoms with Crippen LogP contribution in [0, 0.1) is 17.0 Å². The first-order valence-electron chi connectivity index (χ1n) is 13.4. The Bertz CT molecular complexity index is 1900. The number of carbonyl (C=O) groups is 1. The maximum absolute atomic E-state index is 13.9. The number of benzene rings is 2. The molecule has 2 aromatic carbocycles. The zero-order valence-electron chi connectivity index (χ0n) is 23.7. The molecule has 1 aliphatic heterocycles. The van der Waals surface area contributed by atoms with Gasteiger partial charge in [-0.25, -0.2) is 9.79 Å². The lowest BCUT2D eigenvalue weighted by Crippen LogP contribution is -2.40. The number of esters is 1. The number of nitro groups is 1. The van der Waals surface area contributed by atoms with Gasteiger partial charge in [-0.3, -0.25) is 19.5 Å². The fourth-order valence-corrected chi connectivity index (χ4v) is 5.91. The van der Waals surface area contributed by atoms with Crippen molar-refractivity contribution in [3.05, 3.63) is 113 Å². The number of rotatable bonds is 8. The molecule has 5 rings (SSSR count). The molecule has 0 fully saturated rings. The van der Waals surface area contributed by atoms with Crippen molar-refractivity contribution in [3.8, 4) is 17.1 Å². The van der Waals surface area contributed by atoms with Crippen molar-refractivity contribution in [2.45, 2.75) is 46.8 Å². The van der Waals surface area contributed by atoms with Gasteiger partial charge < -0.3 is 13.9 Å². The van der Waals surface area contributed by atoms with E-state index in [4.69, 9.17) is 13.9 Å². The van der Waals surface area contributed by atoms with Crippen molar-refractivity contribution >= 4 is 29.1 Å². The van der Waals surface area contributed by atoms with Crippen molar-refractivity contribution < 1.29 is 23.6 Å². The van der Waals surface area contributed by atoms with Crippen LogP contribution in [0.2, 0.25) is 0 Å². The minimum atomic E-state index is -0.759. The number of furan rings is 1. The van der Waals surface area contributed by atoms with E-state index in [2.05, 4.69) is 4.99 Å². The summed E-state index contributed by atoms with van der Waals surface area (Å²) in [5.41, 5.74) is 2.18. The topological polar surface area (TPSA) is 126 Å². The first-order chi connectivity index (χ1) is 20.1. The standard InChI is InChI=1S/C31H29N3O7S/c1-6-39-21-12-10-20(11-13-21)28-27(30(36)40-17(2)3)19(5)32-31-33(28)29(35)26(42-31)16-22-14-15-25(41-22)23-8-7-9-24(18(23)4)34(37)38/h7-17,28H,6H2,1-5H3/b26-16+/t28-/m1/s1. The molecule has 4 aromatic rings. The van der Waals surface area contributed by atoms with E-state index < -0.39 is 16.9 Å². The van der Waals surface area contributed by atoms with Crippen LogP contribution >= 0.6 is 11.3 Å². The van der Waals surface area contributed by atoms with E-state index >= 15 is 0 Å². The summed E-state index contributed by atoms with van der Waals surface area (Å²) in [7, 11) is 0. The summed E-state index contributed by atoms with van der Waals surface area (Å²) >= 11 is 1.18. The van der Waals surface area contributed by atoms with Crippen LogP contribution in [-0.4, -0.2) is 28.2 Å². The fourth-order valence-electron chi connectivity index (χ4n) is 4.88. The first kappa shape index (κ1) is 28.7. The molecule has 216 valence electrons. The number of fused-ring (bicyclic) bond motifs is 1. The van der Waals surface area contributed by atoms with E-state index in [1.807, 2.05) is 19.1 Å². The van der Waals surface area contributed by atoms with Gasteiger partial charge in [0.25, 0.3) is 11.2 Å². The number of hydrogen-bond donors (Lipinski definition) is 0. The Hall–Kier alpha value is -4.77. The molecule has 2 aromatic heterocycles. The smallest absolute Gasteiger partial charge is 0.338 e. The van der Waals surface area contributed by atoms with E-state index in [0.29, 0.717) is 55.6 Å². The lowest BCUT2D eigenvalue weighted by atomic mass is 9.96. The highest BCUT2D eigenvalue weighted by molar-refractivity contribution is 7.07. The first-order valence-corrected chi connectivity index (χ1v) is 14.2. The zero-order chi connectivity index (χ0) is 30.1. The van der Waals surface area contributed by atoms with E-state index in [-0.39, 0.29) is 22.9 Å². The third-order valence-electron chi connectivity index (χ3n) is 6.76. The Labute approximate surface area is 245 Å². The Morgan fingerprint density at radius 3 is 2.57 bits per heavy atom. The van der Waals surface area contributed by atoms with E-state index in [1.54, 1.807) is 70.2 Å². The molecule has 10 nitrogen and oxygen atoms in total. The zero-order valence-corrected chi connectivity index (χ0v) is 24.6. The summed E-state index contributed by atoms with van der Waals surface area (Å²) in [6, 6.07) is 14.7. The average molecular weight is 588 g/mol. The van der Waals surface area contributed by atoms with Crippen LogP contribution in [0.15, 0.2) is 80.1 Å². The van der Waals surface area contributed by atoms with Crippen LogP contribution in [-0.2, 0) is 9.53 Å². The summed E-state index contributed by atoms with van der Waals surface area (Å²) in [5.74, 6) is 0.974. The maximum atomic E-state index is 13.9. The number of allylic oxidation sites excluding steroid dienone is 1. The lowest BCUT2D eigenvalue weighted by Gasteiger charge is -2.25. The molecular formula is C31H29N3O7S. The van der Waals surface area contributed by atoms with Crippen LogP contribution in [0.1, 0.15) is 50.6 Å². The molecule has 0 saturated carbocycles. The highest BCUT2D eigenvalue weighted by Gasteiger charge is 2.34. The highest BCUT2D eigenvalue weighted by Crippen LogP contribution is 2.33. The predicted molar refractivity (Wildman–Crippen MR) is 158 cm³/mol. The second kappa shape index (κ2) is 11.6. The SMILES string of the molecule is CCOc1ccc([C@@H]2C(C(=O)OC(C)C)=C(C)N=c3s/c(=C/c4ccc(-c5cccc([N+](=O)[O-])c5C)o4)c(=O)n32)cc1. The number of hydrogen-bond acceptors (Lipinski definition) is 9. The van der Waals surface area contributed by atoms with Crippen molar-refractivity contribution in [3.63, 3.8) is 0 Å². The molecule has 3 heterocycles. The summed E-state index contributed by atoms with van der Waals surface area (Å²) < 4.78 is 19.0. The number of carbonyl (C=O) groups excluding carboxylic acids is 1. The predicted octanol–water partition coefficient (Wildman–Crippen LogP) is 5.06. The Kier molecular flexibility index (Phi) is 7.95. The van der Waals surface area contributed by atoms with Crippen LogP contribution in [0.4, 0.5) is 5.69 Å². The van der Waals surface area contributed by atoms with Gasteiger partial charge in [0.15, 0.2) is 4.80 Å². The molecule has 0 unspecified atom stereocenters. The minimum Gasteiger partial charge on any atom is -0.494 e. The molecule has 0 bridgehead atoms. The van der Waals surface area contributed by atoms with E-state index in [0.717, 1.165) is 0 Å². The van der Waals surface area contributed by atoms with Gasteiger partial charge in [0.05, 0.1) is 39.5 Å². The molecule has 0 amide bonds. The van der Waals surface area contributed by atoms with Gasteiger partial charge in [-0.15, -0.1) is 0 Å². The Morgan fingerprint density at radius 1 is 1.17 bits per heavy atom. The third-order valence-corrected chi connectivity index (χ3v) is 7.74. The molecule has 0 saturated heterocycles. The van der Waals surface area contributed by atoms with Gasteiger partial charge >= 0.3 is 5.97 Å². The largest absolute Gasteiger partial charge is 0.494 e. The van der Waals surface area contributed by atoms with E-state index in [1.165, 1.54) is 22.0 Å². The van der Waals surface area contributed by atoms with Gasteiger partial charge in [0, 0.05) is 23.3 Å². The van der Waals surface area contributed by atoms with Crippen molar-refractivity contribution in [1.29, 1.82) is 0 Å². The summed E-state index contributed by atoms with van der Waals surface area (Å²) in [4.78, 5) is 43.2. The second-order valence-electron chi connectivity index (χ2n) is 9.95. The normalized spacial score (nSPS) is 15.0. The van der Waals surface area contributed by atoms with Crippen LogP contribution in [0.25, 0.3) is 17.4 Å². The van der Waals surface area contributed by atoms with Gasteiger partial charge in [-0.2, -0.15) is 0 Å². The molecule has 11 heteroatoms. The number of aromatic nitrogens is 1. The fraction of sp³-hybridized carbons (Fsp3) is 0.258. The summed E-state index contributed by atoms with van der Waals surface area (Å²) in [5, 5.41) is 11.4. The number of ether oxygens (including phenoxy) is 2. The van der Waals surface area contributed by atoms with Crippen LogP contribution in [0.5, 0.6) is 5.75 Å². The number of nitrogens with zero attached hydrogens (tertiary/aromatic N) is 3. The molecule has 42 heavy (non-hydrogen) atoms. The molecule has 1 aliphatic rings. The quantitative estimate of drug-likeness (QED) is 0.160. The van der Waals surface area contributed by atoms with Crippen LogP contribution in [0.3, 0.4) is 0 Å². The minimum absolute atomic E-state index is 0.00443. The Morgan fingerprint density at radius 2 is 1.90 bits per heavy atom. The summed E-state index contributed by atoms with van der Waals surface area (Å²) in [6.07, 6.45) is 1.26. The summed E-state index contributed by atoms with van der Waals surface area (Å²) in [6.45, 7) is 9.33. The van der Waals surface area contributed by atoms with Gasteiger partial charge in [0.2, 0.25) is 0 Å². The van der Waals surface area contributed by atoms with Crippen molar-refractivity contribution in [1.82, 2.24) is 4.57 Å². The van der Waals surface area contributed by atoms with Crippen LogP contribution < -0.4 is 19.6 Å². The molecule has 1 atom stereocenters. The van der Waals surface area contributed by atoms with Gasteiger partial charge in [-0.1, -0.05) is 35.6 Å². The Balaban J connectivity index is 1.61. The molecular weight excluding hydrogens is 558 g/mol. The molecule has 0 N–H and O–H groups in total. The van der Waals surface area contributed by atoms with E-state index in [9.17, 15) is 19.7 Å². The maximum Gasteiger partial charge on any atom is 0.338 e.